The Hall–Kier alpha value is 0.939. The van der Waals surface area contributed by atoms with Crippen LogP contribution in [0.5, 0.6) is 0 Å². The van der Waals surface area contributed by atoms with Gasteiger partial charge >= 0.3 is 0 Å². The minimum Gasteiger partial charge on any atom is -0.305 e. The normalized spacial score (nSPS) is 33.1. The van der Waals surface area contributed by atoms with Crippen molar-refractivity contribution in [3.63, 3.8) is 0 Å². The molecule has 0 aromatic heterocycles. The van der Waals surface area contributed by atoms with Crippen LogP contribution >= 0.6 is 23.2 Å². The van der Waals surface area contributed by atoms with E-state index in [4.69, 9.17) is 23.2 Å². The Labute approximate surface area is 150 Å². The van der Waals surface area contributed by atoms with Crippen LogP contribution in [0.1, 0.15) is 12.8 Å². The fourth-order valence-electron chi connectivity index (χ4n) is 2.91. The average Bonchev–Trinajstić information content (AvgIpc) is 2.40. The van der Waals surface area contributed by atoms with E-state index in [1.165, 1.54) is 13.0 Å². The van der Waals surface area contributed by atoms with Gasteiger partial charge in [0.1, 0.15) is 0 Å². The van der Waals surface area contributed by atoms with Crippen molar-refractivity contribution in [2.24, 2.45) is 0 Å². The molecular formula is C14H28Cl2FeN4. The summed E-state index contributed by atoms with van der Waals surface area (Å²) in [6.45, 7) is 9.53. The summed E-state index contributed by atoms with van der Waals surface area (Å²) in [6, 6.07) is 0. The predicted molar refractivity (Wildman–Crippen MR) is 86.7 cm³/mol. The van der Waals surface area contributed by atoms with Crippen molar-refractivity contribution in [1.82, 2.24) is 19.6 Å². The van der Waals surface area contributed by atoms with Gasteiger partial charge in [0.15, 0.2) is 4.46 Å². The van der Waals surface area contributed by atoms with E-state index in [-0.39, 0.29) is 17.1 Å². The van der Waals surface area contributed by atoms with Gasteiger partial charge in [-0.05, 0) is 33.6 Å². The zero-order valence-corrected chi connectivity index (χ0v) is 15.8. The Kier molecular flexibility index (Phi) is 8.84. The van der Waals surface area contributed by atoms with Gasteiger partial charge in [-0.3, -0.25) is 4.90 Å². The molecule has 2 heterocycles. The quantitative estimate of drug-likeness (QED) is 0.358. The van der Waals surface area contributed by atoms with Crippen molar-refractivity contribution >= 4 is 23.2 Å². The van der Waals surface area contributed by atoms with E-state index >= 15 is 0 Å². The summed E-state index contributed by atoms with van der Waals surface area (Å²) in [4.78, 5) is 9.54. The maximum atomic E-state index is 6.63. The van der Waals surface area contributed by atoms with Gasteiger partial charge < -0.3 is 14.7 Å². The number of halogens is 2. The number of alkyl halides is 2. The fraction of sp³-hybridized carbons (Fsp3) is 1.00. The first kappa shape index (κ1) is 20.0. The largest absolute Gasteiger partial charge is 0.305 e. The van der Waals surface area contributed by atoms with Crippen molar-refractivity contribution < 1.29 is 17.1 Å². The summed E-state index contributed by atoms with van der Waals surface area (Å²) in [5.41, 5.74) is 0. The molecule has 2 aliphatic rings. The molecule has 126 valence electrons. The third kappa shape index (κ3) is 6.52. The summed E-state index contributed by atoms with van der Waals surface area (Å²) >= 11 is 13.3. The second kappa shape index (κ2) is 9.29. The molecule has 0 saturated carbocycles. The van der Waals surface area contributed by atoms with Crippen molar-refractivity contribution in [3.05, 3.63) is 0 Å². The van der Waals surface area contributed by atoms with Crippen LogP contribution in [0.2, 0.25) is 0 Å². The molecule has 2 aliphatic heterocycles. The second-order valence-corrected chi connectivity index (χ2v) is 7.65. The van der Waals surface area contributed by atoms with Crippen molar-refractivity contribution in [2.75, 3.05) is 73.0 Å². The van der Waals surface area contributed by atoms with Gasteiger partial charge in [0.25, 0.3) is 0 Å². The van der Waals surface area contributed by atoms with Gasteiger partial charge in [-0.15, -0.1) is 0 Å². The molecule has 4 nitrogen and oxygen atoms in total. The maximum absolute atomic E-state index is 6.63. The van der Waals surface area contributed by atoms with Gasteiger partial charge in [0, 0.05) is 69.3 Å². The molecule has 0 radical (unpaired) electrons. The fourth-order valence-corrected chi connectivity index (χ4v) is 3.42. The van der Waals surface area contributed by atoms with Crippen LogP contribution < -0.4 is 0 Å². The molecule has 2 bridgehead atoms. The Balaban J connectivity index is 0.00000220. The van der Waals surface area contributed by atoms with Crippen LogP contribution in [0.4, 0.5) is 0 Å². The maximum Gasteiger partial charge on any atom is 0.172 e. The minimum atomic E-state index is -0.739. The zero-order valence-electron chi connectivity index (χ0n) is 13.2. The first-order valence-corrected chi connectivity index (χ1v) is 8.45. The molecule has 2 saturated heterocycles. The summed E-state index contributed by atoms with van der Waals surface area (Å²) in [5.74, 6) is 0. The Morgan fingerprint density at radius 1 is 0.714 bits per heavy atom. The van der Waals surface area contributed by atoms with Crippen molar-refractivity contribution in [2.45, 2.75) is 17.3 Å². The van der Waals surface area contributed by atoms with Gasteiger partial charge in [-0.1, -0.05) is 23.2 Å². The number of rotatable bonds is 0. The van der Waals surface area contributed by atoms with Gasteiger partial charge in [-0.25, -0.2) is 0 Å². The minimum absolute atomic E-state index is 0. The first-order valence-electron chi connectivity index (χ1n) is 7.70. The third-order valence-electron chi connectivity index (χ3n) is 4.51. The van der Waals surface area contributed by atoms with Crippen LogP contribution in [0, 0.1) is 0 Å². The zero-order chi connectivity index (χ0) is 14.6. The molecule has 2 unspecified atom stereocenters. The third-order valence-corrected chi connectivity index (χ3v) is 5.36. The van der Waals surface area contributed by atoms with Crippen LogP contribution in [-0.2, 0) is 17.1 Å². The molecule has 0 aromatic rings. The van der Waals surface area contributed by atoms with E-state index in [0.29, 0.717) is 0 Å². The van der Waals surface area contributed by atoms with Crippen molar-refractivity contribution in [1.29, 1.82) is 0 Å². The molecule has 7 heteroatoms. The molecule has 2 rings (SSSR count). The SMILES string of the molecule is CN1CCCN2CCN(C)CCC(Cl)(Cl)N(CC1)CC2.[Fe]. The summed E-state index contributed by atoms with van der Waals surface area (Å²) in [5, 5.41) is 0. The van der Waals surface area contributed by atoms with Crippen LogP contribution in [-0.4, -0.2) is 97.1 Å². The molecule has 0 amide bonds. The Morgan fingerprint density at radius 3 is 2.05 bits per heavy atom. The summed E-state index contributed by atoms with van der Waals surface area (Å²) in [7, 11) is 4.35. The molecule has 0 aliphatic carbocycles. The number of fused-ring (bicyclic) bond motifs is 3. The number of likely N-dealkylation sites (N-methyl/N-ethyl adjacent to an activating group) is 2. The van der Waals surface area contributed by atoms with E-state index in [2.05, 4.69) is 33.7 Å². The van der Waals surface area contributed by atoms with E-state index < -0.39 is 4.46 Å². The summed E-state index contributed by atoms with van der Waals surface area (Å²) < 4.78 is -0.739. The van der Waals surface area contributed by atoms with Gasteiger partial charge in [-0.2, -0.15) is 0 Å². The molecule has 0 N–H and O–H groups in total. The topological polar surface area (TPSA) is 13.0 Å². The van der Waals surface area contributed by atoms with E-state index in [1.807, 2.05) is 0 Å². The van der Waals surface area contributed by atoms with Crippen LogP contribution in [0.15, 0.2) is 0 Å². The van der Waals surface area contributed by atoms with Crippen LogP contribution in [0.3, 0.4) is 0 Å². The van der Waals surface area contributed by atoms with E-state index in [0.717, 1.165) is 58.8 Å². The van der Waals surface area contributed by atoms with Gasteiger partial charge in [0.05, 0.1) is 0 Å². The molecular weight excluding hydrogens is 351 g/mol. The molecule has 2 atom stereocenters. The molecule has 0 spiro atoms. The smallest absolute Gasteiger partial charge is 0.172 e. The molecule has 2 fully saturated rings. The molecule has 21 heavy (non-hydrogen) atoms. The van der Waals surface area contributed by atoms with Crippen LogP contribution in [0.25, 0.3) is 0 Å². The second-order valence-electron chi connectivity index (χ2n) is 6.20. The molecule has 0 aromatic carbocycles. The number of hydrogen-bond acceptors (Lipinski definition) is 4. The standard InChI is InChI=1S/C14H28Cl2N4.Fe/c1-17-5-3-6-19-10-8-18(2)7-4-14(15,16)20(12-9-17)13-11-19;/h3-13H2,1-2H3;. The Morgan fingerprint density at radius 2 is 1.29 bits per heavy atom. The monoisotopic (exact) mass is 378 g/mol. The van der Waals surface area contributed by atoms with Gasteiger partial charge in [0.2, 0.25) is 0 Å². The number of hydrogen-bond donors (Lipinski definition) is 0. The number of nitrogens with zero attached hydrogens (tertiary/aromatic N) is 4. The van der Waals surface area contributed by atoms with E-state index in [9.17, 15) is 0 Å². The summed E-state index contributed by atoms with van der Waals surface area (Å²) in [6.07, 6.45) is 2.05. The van der Waals surface area contributed by atoms with Crippen molar-refractivity contribution in [3.8, 4) is 0 Å². The Bertz CT molecular complexity index is 307. The average molecular weight is 379 g/mol. The van der Waals surface area contributed by atoms with E-state index in [1.54, 1.807) is 0 Å². The first-order chi connectivity index (χ1) is 9.47. The predicted octanol–water partition coefficient (Wildman–Crippen LogP) is 1.39.